The Bertz CT molecular complexity index is 1990. The molecule has 5 fully saturated rings. The number of halogens is 2. The highest BCUT2D eigenvalue weighted by atomic mass is 19.1. The van der Waals surface area contributed by atoms with Crippen LogP contribution in [-0.2, 0) is 19.2 Å². The third kappa shape index (κ3) is 9.29. The van der Waals surface area contributed by atoms with Gasteiger partial charge in [-0.05, 0) is 132 Å². The summed E-state index contributed by atoms with van der Waals surface area (Å²) in [4.78, 5) is 66.8. The first-order valence-electron chi connectivity index (χ1n) is 21.2. The van der Waals surface area contributed by atoms with E-state index in [1.165, 1.54) is 6.07 Å². The molecule has 3 aromatic rings. The SMILES string of the molecule is O=C1CCC(Nc2ccc(C3CCN(C4CCC(NC(=O)C5CCC(Nc6ncc(F)c(-c7cccc(N8CCCCC8=O)n7)n6)CC5)CC4)CC3)c(F)c2)C(=O)N1. The molecule has 4 N–H and O–H groups in total. The second-order valence-corrected chi connectivity index (χ2v) is 16.7. The van der Waals surface area contributed by atoms with Crippen molar-refractivity contribution in [1.82, 2.24) is 30.5 Å². The predicted molar refractivity (Wildman–Crippen MR) is 215 cm³/mol. The van der Waals surface area contributed by atoms with Gasteiger partial charge in [0, 0.05) is 49.1 Å². The summed E-state index contributed by atoms with van der Waals surface area (Å²) in [5, 5.41) is 12.1. The molecule has 8 rings (SSSR count). The molecule has 1 atom stereocenters. The summed E-state index contributed by atoms with van der Waals surface area (Å²) in [5.41, 5.74) is 1.68. The molecule has 0 spiro atoms. The zero-order chi connectivity index (χ0) is 40.2. The molecule has 1 unspecified atom stereocenters. The van der Waals surface area contributed by atoms with E-state index in [4.69, 9.17) is 0 Å². The number of hydrogen-bond acceptors (Lipinski definition) is 10. The van der Waals surface area contributed by atoms with Crippen LogP contribution in [0, 0.1) is 17.6 Å². The molecule has 58 heavy (non-hydrogen) atoms. The molecule has 15 heteroatoms. The minimum absolute atomic E-state index is 0.0203. The summed E-state index contributed by atoms with van der Waals surface area (Å²) in [5.74, 6) is -0.459. The van der Waals surface area contributed by atoms with Crippen LogP contribution in [0.1, 0.15) is 108 Å². The zero-order valence-corrected chi connectivity index (χ0v) is 32.9. The van der Waals surface area contributed by atoms with Gasteiger partial charge < -0.3 is 20.9 Å². The van der Waals surface area contributed by atoms with Gasteiger partial charge in [0.05, 0.1) is 11.9 Å². The van der Waals surface area contributed by atoms with Crippen molar-refractivity contribution in [2.45, 2.75) is 126 Å². The summed E-state index contributed by atoms with van der Waals surface area (Å²) >= 11 is 0. The molecule has 3 aliphatic heterocycles. The van der Waals surface area contributed by atoms with Crippen molar-refractivity contribution in [3.63, 3.8) is 0 Å². The molecule has 1 aromatic carbocycles. The van der Waals surface area contributed by atoms with E-state index in [1.54, 1.807) is 23.1 Å². The maximum absolute atomic E-state index is 15.3. The Kier molecular flexibility index (Phi) is 12.2. The van der Waals surface area contributed by atoms with E-state index in [1.807, 2.05) is 12.1 Å². The summed E-state index contributed by atoms with van der Waals surface area (Å²) in [6, 6.07) is 10.5. The van der Waals surface area contributed by atoms with Crippen molar-refractivity contribution in [2.24, 2.45) is 5.92 Å². The van der Waals surface area contributed by atoms with Crippen molar-refractivity contribution >= 4 is 41.1 Å². The van der Waals surface area contributed by atoms with Crippen LogP contribution in [0.5, 0.6) is 0 Å². The van der Waals surface area contributed by atoms with Crippen LogP contribution in [0.25, 0.3) is 11.4 Å². The Labute approximate surface area is 337 Å². The molecule has 3 saturated heterocycles. The van der Waals surface area contributed by atoms with Crippen LogP contribution in [0.15, 0.2) is 42.6 Å². The van der Waals surface area contributed by atoms with Crippen molar-refractivity contribution in [3.05, 3.63) is 59.8 Å². The lowest BCUT2D eigenvalue weighted by Crippen LogP contribution is -2.47. The maximum atomic E-state index is 15.3. The molecule has 2 aromatic heterocycles. The molecule has 0 radical (unpaired) electrons. The quantitative estimate of drug-likeness (QED) is 0.184. The van der Waals surface area contributed by atoms with Gasteiger partial charge in [-0.25, -0.2) is 23.7 Å². The number of benzene rings is 1. The maximum Gasteiger partial charge on any atom is 0.249 e. The molecule has 5 aliphatic rings. The number of imide groups is 1. The number of amides is 4. The second-order valence-electron chi connectivity index (χ2n) is 16.7. The van der Waals surface area contributed by atoms with Crippen molar-refractivity contribution in [2.75, 3.05) is 35.2 Å². The lowest BCUT2D eigenvalue weighted by atomic mass is 9.83. The Morgan fingerprint density at radius 2 is 1.55 bits per heavy atom. The number of anilines is 3. The van der Waals surface area contributed by atoms with E-state index < -0.39 is 11.9 Å². The third-order valence-electron chi connectivity index (χ3n) is 12.9. The van der Waals surface area contributed by atoms with Gasteiger partial charge in [0.25, 0.3) is 0 Å². The molecule has 13 nitrogen and oxygen atoms in total. The summed E-state index contributed by atoms with van der Waals surface area (Å²) < 4.78 is 30.2. The minimum atomic E-state index is -0.585. The number of aromatic nitrogens is 3. The van der Waals surface area contributed by atoms with Crippen LogP contribution < -0.4 is 26.2 Å². The number of nitrogens with one attached hydrogen (secondary N) is 4. The monoisotopic (exact) mass is 797 g/mol. The number of carbonyl (C=O) groups excluding carboxylic acids is 4. The lowest BCUT2D eigenvalue weighted by molar-refractivity contribution is -0.133. The normalized spacial score (nSPS) is 26.2. The van der Waals surface area contributed by atoms with Gasteiger partial charge in [-0.2, -0.15) is 0 Å². The van der Waals surface area contributed by atoms with Gasteiger partial charge in [0.1, 0.15) is 23.4 Å². The summed E-state index contributed by atoms with van der Waals surface area (Å²) in [7, 11) is 0. The zero-order valence-electron chi connectivity index (χ0n) is 32.9. The number of piperidine rings is 3. The highest BCUT2D eigenvalue weighted by Crippen LogP contribution is 2.35. The number of likely N-dealkylation sites (tertiary alicyclic amines) is 1. The van der Waals surface area contributed by atoms with Crippen LogP contribution in [0.4, 0.5) is 26.2 Å². The van der Waals surface area contributed by atoms with E-state index in [9.17, 15) is 23.6 Å². The Morgan fingerprint density at radius 1 is 0.776 bits per heavy atom. The Morgan fingerprint density at radius 3 is 2.29 bits per heavy atom. The van der Waals surface area contributed by atoms with E-state index >= 15 is 4.39 Å². The fraction of sp³-hybridized carbons (Fsp3) is 0.558. The van der Waals surface area contributed by atoms with E-state index in [-0.39, 0.29) is 65.5 Å². The van der Waals surface area contributed by atoms with Crippen molar-refractivity contribution in [1.29, 1.82) is 0 Å². The van der Waals surface area contributed by atoms with Gasteiger partial charge in [-0.15, -0.1) is 0 Å². The smallest absolute Gasteiger partial charge is 0.249 e. The van der Waals surface area contributed by atoms with Crippen LogP contribution in [0.2, 0.25) is 0 Å². The predicted octanol–water partition coefficient (Wildman–Crippen LogP) is 5.83. The van der Waals surface area contributed by atoms with Gasteiger partial charge >= 0.3 is 0 Å². The largest absolute Gasteiger partial charge is 0.374 e. The second kappa shape index (κ2) is 17.8. The molecular formula is C43H53F2N9O4. The first kappa shape index (κ1) is 39.8. The fourth-order valence-electron chi connectivity index (χ4n) is 9.51. The molecule has 5 heterocycles. The molecule has 2 saturated carbocycles. The van der Waals surface area contributed by atoms with Crippen LogP contribution in [-0.4, -0.2) is 87.3 Å². The fourth-order valence-corrected chi connectivity index (χ4v) is 9.51. The van der Waals surface area contributed by atoms with Gasteiger partial charge in [0.15, 0.2) is 5.82 Å². The molecule has 2 aliphatic carbocycles. The van der Waals surface area contributed by atoms with Gasteiger partial charge in [-0.3, -0.25) is 29.4 Å². The standard InChI is InChI=1S/C43H53F2N9O4/c44-33-24-30(47-36-17-18-38(55)51-42(36)58)13-16-32(33)26-19-22-53(23-20-26)31-14-11-28(12-15-31)48-41(57)27-7-9-29(10-8-27)49-43-46-25-34(45)40(52-43)35-4-3-5-37(50-35)54-21-2-1-6-39(54)56/h3-5,13,16,24-29,31,36,47H,1-2,6-12,14-15,17-23H2,(H,48,57)(H,46,49,52)(H,51,55,58). The summed E-state index contributed by atoms with van der Waals surface area (Å²) in [6.45, 7) is 2.42. The van der Waals surface area contributed by atoms with Crippen molar-refractivity contribution in [3.8, 4) is 11.4 Å². The number of nitrogens with zero attached hydrogens (tertiary/aromatic N) is 5. The minimum Gasteiger partial charge on any atom is -0.374 e. The van der Waals surface area contributed by atoms with E-state index in [0.29, 0.717) is 54.1 Å². The number of rotatable bonds is 10. The molecule has 4 amide bonds. The van der Waals surface area contributed by atoms with E-state index in [2.05, 4.69) is 41.1 Å². The average Bonchev–Trinajstić information content (AvgIpc) is 3.23. The number of carbonyl (C=O) groups is 4. The van der Waals surface area contributed by atoms with Crippen LogP contribution in [0.3, 0.4) is 0 Å². The molecule has 0 bridgehead atoms. The Hall–Kier alpha value is -5.05. The average molecular weight is 798 g/mol. The van der Waals surface area contributed by atoms with E-state index in [0.717, 1.165) is 96.3 Å². The summed E-state index contributed by atoms with van der Waals surface area (Å²) in [6.07, 6.45) is 12.8. The topological polar surface area (TPSA) is 162 Å². The highest BCUT2D eigenvalue weighted by molar-refractivity contribution is 6.01. The van der Waals surface area contributed by atoms with Crippen LogP contribution >= 0.6 is 0 Å². The molecule has 308 valence electrons. The van der Waals surface area contributed by atoms with Gasteiger partial charge in [0.2, 0.25) is 29.6 Å². The van der Waals surface area contributed by atoms with Crippen molar-refractivity contribution < 1.29 is 28.0 Å². The number of hydrogen-bond donors (Lipinski definition) is 4. The van der Waals surface area contributed by atoms with Gasteiger partial charge in [-0.1, -0.05) is 12.1 Å². The first-order valence-corrected chi connectivity index (χ1v) is 21.2. The third-order valence-corrected chi connectivity index (χ3v) is 12.9. The molecular weight excluding hydrogens is 745 g/mol. The first-order chi connectivity index (χ1) is 28.2. The highest BCUT2D eigenvalue weighted by Gasteiger charge is 2.33. The lowest BCUT2D eigenvalue weighted by Gasteiger charge is -2.41. The Balaban J connectivity index is 0.754. The number of pyridine rings is 1.